The lowest BCUT2D eigenvalue weighted by Crippen LogP contribution is -2.10. The van der Waals surface area contributed by atoms with E-state index >= 15 is 0 Å². The molecule has 0 heterocycles. The van der Waals surface area contributed by atoms with E-state index in [0.717, 1.165) is 12.1 Å². The zero-order valence-electron chi connectivity index (χ0n) is 7.20. The minimum absolute atomic E-state index is 0.0826. The Bertz CT molecular complexity index is 419. The second-order valence-electron chi connectivity index (χ2n) is 2.72. The van der Waals surface area contributed by atoms with Gasteiger partial charge in [0, 0.05) is 5.56 Å². The van der Waals surface area contributed by atoms with Crippen molar-refractivity contribution in [3.8, 4) is 6.07 Å². The van der Waals surface area contributed by atoms with Gasteiger partial charge in [0.2, 0.25) is 0 Å². The van der Waals surface area contributed by atoms with Crippen LogP contribution in [0.15, 0.2) is 16.6 Å². The van der Waals surface area contributed by atoms with Crippen LogP contribution in [0.2, 0.25) is 0 Å². The standard InChI is InChI=1S/C9H4BrF4N/c10-7-2-1-6(9(12,13)14)5(3-4-15)8(7)11/h1-2H,3H2. The van der Waals surface area contributed by atoms with Gasteiger partial charge in [0.1, 0.15) is 5.82 Å². The molecular formula is C9H4BrF4N. The van der Waals surface area contributed by atoms with Crippen molar-refractivity contribution in [1.82, 2.24) is 0 Å². The van der Waals surface area contributed by atoms with E-state index in [1.807, 2.05) is 0 Å². The van der Waals surface area contributed by atoms with Gasteiger partial charge in [-0.25, -0.2) is 4.39 Å². The Hall–Kier alpha value is -1.09. The lowest BCUT2D eigenvalue weighted by molar-refractivity contribution is -0.138. The van der Waals surface area contributed by atoms with Crippen LogP contribution in [0.25, 0.3) is 0 Å². The van der Waals surface area contributed by atoms with E-state index < -0.39 is 29.5 Å². The molecule has 0 spiro atoms. The van der Waals surface area contributed by atoms with E-state index in [-0.39, 0.29) is 4.47 Å². The van der Waals surface area contributed by atoms with Crippen LogP contribution in [0, 0.1) is 17.1 Å². The fourth-order valence-electron chi connectivity index (χ4n) is 1.11. The molecule has 80 valence electrons. The molecule has 6 heteroatoms. The number of halogens is 5. The quantitative estimate of drug-likeness (QED) is 0.721. The Morgan fingerprint density at radius 2 is 1.93 bits per heavy atom. The van der Waals surface area contributed by atoms with Gasteiger partial charge in [0.15, 0.2) is 0 Å². The van der Waals surface area contributed by atoms with E-state index in [9.17, 15) is 17.6 Å². The monoisotopic (exact) mass is 281 g/mol. The van der Waals surface area contributed by atoms with Crippen LogP contribution >= 0.6 is 15.9 Å². The highest BCUT2D eigenvalue weighted by Crippen LogP contribution is 2.35. The van der Waals surface area contributed by atoms with E-state index in [1.165, 1.54) is 6.07 Å². The number of nitrogens with zero attached hydrogens (tertiary/aromatic N) is 1. The number of hydrogen-bond donors (Lipinski definition) is 0. The first-order valence-corrected chi connectivity index (χ1v) is 4.58. The minimum atomic E-state index is -4.65. The van der Waals surface area contributed by atoms with E-state index in [0.29, 0.717) is 0 Å². The molecule has 1 aromatic carbocycles. The Kier molecular flexibility index (Phi) is 3.35. The molecule has 15 heavy (non-hydrogen) atoms. The zero-order chi connectivity index (χ0) is 11.6. The van der Waals surface area contributed by atoms with Gasteiger partial charge in [0.05, 0.1) is 22.5 Å². The molecule has 0 N–H and O–H groups in total. The number of alkyl halides is 3. The van der Waals surface area contributed by atoms with Crippen LogP contribution < -0.4 is 0 Å². The summed E-state index contributed by atoms with van der Waals surface area (Å²) in [5.41, 5.74) is -1.73. The molecule has 0 atom stereocenters. The molecular weight excluding hydrogens is 278 g/mol. The molecule has 0 saturated carbocycles. The number of nitriles is 1. The summed E-state index contributed by atoms with van der Waals surface area (Å²) in [5, 5.41) is 8.33. The van der Waals surface area contributed by atoms with Crippen molar-refractivity contribution in [2.45, 2.75) is 12.6 Å². The fourth-order valence-corrected chi connectivity index (χ4v) is 1.48. The maximum atomic E-state index is 13.3. The summed E-state index contributed by atoms with van der Waals surface area (Å²) >= 11 is 2.77. The highest BCUT2D eigenvalue weighted by molar-refractivity contribution is 9.10. The Labute approximate surface area is 91.4 Å². The third kappa shape index (κ3) is 2.48. The van der Waals surface area contributed by atoms with Gasteiger partial charge in [-0.15, -0.1) is 0 Å². The van der Waals surface area contributed by atoms with Crippen molar-refractivity contribution < 1.29 is 17.6 Å². The van der Waals surface area contributed by atoms with Crippen molar-refractivity contribution in [1.29, 1.82) is 5.26 Å². The molecule has 0 unspecified atom stereocenters. The fraction of sp³-hybridized carbons (Fsp3) is 0.222. The summed E-state index contributed by atoms with van der Waals surface area (Å²) < 4.78 is 50.4. The maximum absolute atomic E-state index is 13.3. The SMILES string of the molecule is N#CCc1c(C(F)(F)F)ccc(Br)c1F. The van der Waals surface area contributed by atoms with E-state index in [4.69, 9.17) is 5.26 Å². The van der Waals surface area contributed by atoms with Crippen molar-refractivity contribution in [2.24, 2.45) is 0 Å². The molecule has 0 aliphatic carbocycles. The topological polar surface area (TPSA) is 23.8 Å². The Balaban J connectivity index is 3.41. The second kappa shape index (κ2) is 4.19. The summed E-state index contributed by atoms with van der Waals surface area (Å²) in [4.78, 5) is 0. The van der Waals surface area contributed by atoms with Crippen LogP contribution in [-0.2, 0) is 12.6 Å². The average molecular weight is 282 g/mol. The number of benzene rings is 1. The lowest BCUT2D eigenvalue weighted by Gasteiger charge is -2.12. The summed E-state index contributed by atoms with van der Waals surface area (Å²) in [6.07, 6.45) is -5.26. The molecule has 1 nitrogen and oxygen atoms in total. The van der Waals surface area contributed by atoms with Crippen molar-refractivity contribution >= 4 is 15.9 Å². The van der Waals surface area contributed by atoms with Gasteiger partial charge in [-0.3, -0.25) is 0 Å². The second-order valence-corrected chi connectivity index (χ2v) is 3.57. The smallest absolute Gasteiger partial charge is 0.205 e. The number of hydrogen-bond acceptors (Lipinski definition) is 1. The highest BCUT2D eigenvalue weighted by atomic mass is 79.9. The molecule has 0 aliphatic heterocycles. The van der Waals surface area contributed by atoms with Crippen LogP contribution in [0.1, 0.15) is 11.1 Å². The van der Waals surface area contributed by atoms with Crippen LogP contribution in [-0.4, -0.2) is 0 Å². The largest absolute Gasteiger partial charge is 0.416 e. The first-order chi connectivity index (χ1) is 6.88. The minimum Gasteiger partial charge on any atom is -0.205 e. The first kappa shape index (κ1) is 12.0. The summed E-state index contributed by atoms with van der Waals surface area (Å²) in [6.45, 7) is 0. The molecule has 0 saturated heterocycles. The van der Waals surface area contributed by atoms with E-state index in [1.54, 1.807) is 0 Å². The Morgan fingerprint density at radius 3 is 2.40 bits per heavy atom. The van der Waals surface area contributed by atoms with Crippen molar-refractivity contribution in [3.05, 3.63) is 33.5 Å². The van der Waals surface area contributed by atoms with Gasteiger partial charge in [-0.05, 0) is 28.1 Å². The van der Waals surface area contributed by atoms with E-state index in [2.05, 4.69) is 15.9 Å². The molecule has 0 aliphatic rings. The summed E-state index contributed by atoms with van der Waals surface area (Å²) in [5.74, 6) is -1.04. The van der Waals surface area contributed by atoms with Crippen LogP contribution in [0.5, 0.6) is 0 Å². The van der Waals surface area contributed by atoms with Crippen molar-refractivity contribution in [2.75, 3.05) is 0 Å². The van der Waals surface area contributed by atoms with Crippen molar-refractivity contribution in [3.63, 3.8) is 0 Å². The summed E-state index contributed by atoms with van der Waals surface area (Å²) in [7, 11) is 0. The third-order valence-electron chi connectivity index (χ3n) is 1.76. The molecule has 0 amide bonds. The lowest BCUT2D eigenvalue weighted by atomic mass is 10.0. The predicted molar refractivity (Wildman–Crippen MR) is 48.4 cm³/mol. The normalized spacial score (nSPS) is 11.2. The third-order valence-corrected chi connectivity index (χ3v) is 2.37. The average Bonchev–Trinajstić information content (AvgIpc) is 2.11. The molecule has 0 fully saturated rings. The van der Waals surface area contributed by atoms with Crippen LogP contribution in [0.3, 0.4) is 0 Å². The molecule has 1 rings (SSSR count). The van der Waals surface area contributed by atoms with Gasteiger partial charge in [-0.2, -0.15) is 18.4 Å². The maximum Gasteiger partial charge on any atom is 0.416 e. The molecule has 0 aromatic heterocycles. The molecule has 1 aromatic rings. The molecule has 0 bridgehead atoms. The first-order valence-electron chi connectivity index (χ1n) is 3.79. The van der Waals surface area contributed by atoms with Gasteiger partial charge in [0.25, 0.3) is 0 Å². The van der Waals surface area contributed by atoms with Crippen LogP contribution in [0.4, 0.5) is 17.6 Å². The Morgan fingerprint density at radius 1 is 1.33 bits per heavy atom. The van der Waals surface area contributed by atoms with Gasteiger partial charge >= 0.3 is 6.18 Å². The predicted octanol–water partition coefficient (Wildman–Crippen LogP) is 3.67. The molecule has 0 radical (unpaired) electrons. The number of rotatable bonds is 1. The highest BCUT2D eigenvalue weighted by Gasteiger charge is 2.34. The summed E-state index contributed by atoms with van der Waals surface area (Å²) in [6, 6.07) is 3.22. The zero-order valence-corrected chi connectivity index (χ0v) is 8.78. The van der Waals surface area contributed by atoms with Gasteiger partial charge < -0.3 is 0 Å². The van der Waals surface area contributed by atoms with Gasteiger partial charge in [-0.1, -0.05) is 0 Å².